The van der Waals surface area contributed by atoms with Gasteiger partial charge in [0, 0.05) is 28.1 Å². The Morgan fingerprint density at radius 3 is 2.71 bits per heavy atom. The SMILES string of the molecule is O=C1/C=C2/C(Br)=CC(=O)/C2=C/C=C\C1. The zero-order valence-corrected chi connectivity index (χ0v) is 8.87. The van der Waals surface area contributed by atoms with Gasteiger partial charge >= 0.3 is 0 Å². The Bertz CT molecular complexity index is 436. The number of halogens is 1. The maximum absolute atomic E-state index is 11.4. The molecule has 14 heavy (non-hydrogen) atoms. The molecule has 0 heterocycles. The minimum absolute atomic E-state index is 0.0156. The molecule has 2 aliphatic rings. The second-order valence-electron chi connectivity index (χ2n) is 3.09. The topological polar surface area (TPSA) is 34.1 Å². The molecule has 0 bridgehead atoms. The molecular weight excluding hydrogens is 244 g/mol. The molecule has 0 fully saturated rings. The summed E-state index contributed by atoms with van der Waals surface area (Å²) >= 11 is 3.26. The quantitative estimate of drug-likeness (QED) is 0.661. The van der Waals surface area contributed by atoms with E-state index < -0.39 is 0 Å². The van der Waals surface area contributed by atoms with Crippen LogP contribution in [-0.4, -0.2) is 11.6 Å². The maximum Gasteiger partial charge on any atom is 0.187 e. The number of ketones is 2. The third-order valence-corrected chi connectivity index (χ3v) is 2.75. The van der Waals surface area contributed by atoms with Crippen LogP contribution in [0.15, 0.2) is 46.0 Å². The van der Waals surface area contributed by atoms with Gasteiger partial charge in [-0.2, -0.15) is 0 Å². The smallest absolute Gasteiger partial charge is 0.187 e. The largest absolute Gasteiger partial charge is 0.294 e. The van der Waals surface area contributed by atoms with Gasteiger partial charge in [0.25, 0.3) is 0 Å². The Labute approximate surface area is 89.8 Å². The molecular formula is C11H7BrO2. The minimum Gasteiger partial charge on any atom is -0.294 e. The molecule has 0 N–H and O–H groups in total. The lowest BCUT2D eigenvalue weighted by Crippen LogP contribution is -1.99. The average Bonchev–Trinajstić information content (AvgIpc) is 2.33. The molecule has 0 aromatic rings. The summed E-state index contributed by atoms with van der Waals surface area (Å²) < 4.78 is 0.692. The van der Waals surface area contributed by atoms with E-state index in [9.17, 15) is 9.59 Å². The maximum atomic E-state index is 11.4. The summed E-state index contributed by atoms with van der Waals surface area (Å²) in [6.07, 6.45) is 8.64. The third-order valence-electron chi connectivity index (χ3n) is 2.09. The second-order valence-corrected chi connectivity index (χ2v) is 3.95. The van der Waals surface area contributed by atoms with E-state index in [0.29, 0.717) is 22.0 Å². The molecule has 0 aromatic heterocycles. The van der Waals surface area contributed by atoms with Crippen molar-refractivity contribution < 1.29 is 9.59 Å². The van der Waals surface area contributed by atoms with Gasteiger partial charge in [-0.1, -0.05) is 34.2 Å². The van der Waals surface area contributed by atoms with E-state index in [1.165, 1.54) is 12.2 Å². The lowest BCUT2D eigenvalue weighted by molar-refractivity contribution is -0.113. The van der Waals surface area contributed by atoms with Crippen LogP contribution < -0.4 is 0 Å². The van der Waals surface area contributed by atoms with Crippen molar-refractivity contribution in [3.05, 3.63) is 46.0 Å². The number of allylic oxidation sites excluding steroid dienone is 8. The molecule has 0 radical (unpaired) electrons. The highest BCUT2D eigenvalue weighted by molar-refractivity contribution is 9.12. The molecule has 0 unspecified atom stereocenters. The van der Waals surface area contributed by atoms with Crippen molar-refractivity contribution in [3.8, 4) is 0 Å². The zero-order valence-electron chi connectivity index (χ0n) is 7.29. The van der Waals surface area contributed by atoms with Crippen molar-refractivity contribution >= 4 is 27.5 Å². The van der Waals surface area contributed by atoms with Crippen molar-refractivity contribution in [2.75, 3.05) is 0 Å². The standard InChI is InChI=1S/C11H7BrO2/c12-10-6-11(14)8-4-2-1-3-7(13)5-9(8)10/h1-2,4-6H,3H2/b2-1-,8-4+,9-5+. The predicted molar refractivity (Wildman–Crippen MR) is 56.9 cm³/mol. The molecule has 0 aromatic carbocycles. The molecule has 2 nitrogen and oxygen atoms in total. The summed E-state index contributed by atoms with van der Waals surface area (Å²) in [5.41, 5.74) is 1.28. The Morgan fingerprint density at radius 1 is 1.14 bits per heavy atom. The number of hydrogen-bond donors (Lipinski definition) is 0. The molecule has 2 rings (SSSR count). The van der Waals surface area contributed by atoms with Crippen molar-refractivity contribution in [2.45, 2.75) is 6.42 Å². The molecule has 0 saturated heterocycles. The second kappa shape index (κ2) is 3.50. The number of hydrogen-bond acceptors (Lipinski definition) is 2. The first-order chi connectivity index (χ1) is 6.68. The van der Waals surface area contributed by atoms with Gasteiger partial charge in [0.1, 0.15) is 0 Å². The molecule has 0 spiro atoms. The predicted octanol–water partition coefficient (Wildman–Crippen LogP) is 2.23. The van der Waals surface area contributed by atoms with E-state index in [0.717, 1.165) is 0 Å². The lowest BCUT2D eigenvalue weighted by atomic mass is 10.0. The normalized spacial score (nSPS) is 30.5. The monoisotopic (exact) mass is 250 g/mol. The van der Waals surface area contributed by atoms with E-state index >= 15 is 0 Å². The minimum atomic E-state index is -0.0533. The van der Waals surface area contributed by atoms with Crippen LogP contribution in [0.5, 0.6) is 0 Å². The van der Waals surface area contributed by atoms with E-state index in [2.05, 4.69) is 15.9 Å². The van der Waals surface area contributed by atoms with Gasteiger partial charge in [-0.05, 0) is 6.08 Å². The van der Waals surface area contributed by atoms with Crippen LogP contribution >= 0.6 is 15.9 Å². The third kappa shape index (κ3) is 1.55. The van der Waals surface area contributed by atoms with Crippen LogP contribution in [0, 0.1) is 0 Å². The van der Waals surface area contributed by atoms with Crippen molar-refractivity contribution in [1.82, 2.24) is 0 Å². The number of carbonyl (C=O) groups excluding carboxylic acids is 2. The number of rotatable bonds is 0. The van der Waals surface area contributed by atoms with Gasteiger partial charge in [-0.3, -0.25) is 9.59 Å². The molecule has 0 aliphatic heterocycles. The summed E-state index contributed by atoms with van der Waals surface area (Å²) in [6.45, 7) is 0. The van der Waals surface area contributed by atoms with E-state index in [4.69, 9.17) is 0 Å². The first-order valence-corrected chi connectivity index (χ1v) is 5.01. The van der Waals surface area contributed by atoms with Gasteiger partial charge in [0.05, 0.1) is 0 Å². The fraction of sp³-hybridized carbons (Fsp3) is 0.0909. The molecule has 0 saturated carbocycles. The number of fused-ring (bicyclic) bond motifs is 1. The van der Waals surface area contributed by atoms with Gasteiger partial charge in [-0.25, -0.2) is 0 Å². The Morgan fingerprint density at radius 2 is 1.93 bits per heavy atom. The molecule has 70 valence electrons. The summed E-state index contributed by atoms with van der Waals surface area (Å²) in [7, 11) is 0. The van der Waals surface area contributed by atoms with Gasteiger partial charge in [0.2, 0.25) is 0 Å². The summed E-state index contributed by atoms with van der Waals surface area (Å²) in [5, 5.41) is 0. The van der Waals surface area contributed by atoms with Crippen LogP contribution in [0.4, 0.5) is 0 Å². The lowest BCUT2D eigenvalue weighted by Gasteiger charge is -2.02. The van der Waals surface area contributed by atoms with Crippen LogP contribution in [-0.2, 0) is 9.59 Å². The van der Waals surface area contributed by atoms with Gasteiger partial charge in [0.15, 0.2) is 11.6 Å². The molecule has 2 aliphatic carbocycles. The van der Waals surface area contributed by atoms with Crippen LogP contribution in [0.1, 0.15) is 6.42 Å². The van der Waals surface area contributed by atoms with Crippen LogP contribution in [0.2, 0.25) is 0 Å². The van der Waals surface area contributed by atoms with Gasteiger partial charge in [-0.15, -0.1) is 0 Å². The Balaban J connectivity index is 2.56. The molecule has 0 atom stereocenters. The zero-order chi connectivity index (χ0) is 10.1. The van der Waals surface area contributed by atoms with E-state index in [1.807, 2.05) is 0 Å². The van der Waals surface area contributed by atoms with Crippen molar-refractivity contribution in [3.63, 3.8) is 0 Å². The highest BCUT2D eigenvalue weighted by Gasteiger charge is 2.23. The Kier molecular flexibility index (Phi) is 2.33. The molecule has 3 heteroatoms. The number of carbonyl (C=O) groups is 2. The highest BCUT2D eigenvalue weighted by Crippen LogP contribution is 2.32. The van der Waals surface area contributed by atoms with Crippen LogP contribution in [0.3, 0.4) is 0 Å². The van der Waals surface area contributed by atoms with Gasteiger partial charge < -0.3 is 0 Å². The fourth-order valence-corrected chi connectivity index (χ4v) is 1.95. The fourth-order valence-electron chi connectivity index (χ4n) is 1.42. The summed E-state index contributed by atoms with van der Waals surface area (Å²) in [5.74, 6) is -0.0376. The first-order valence-electron chi connectivity index (χ1n) is 4.22. The average molecular weight is 251 g/mol. The highest BCUT2D eigenvalue weighted by atomic mass is 79.9. The van der Waals surface area contributed by atoms with Crippen molar-refractivity contribution in [2.24, 2.45) is 0 Å². The summed E-state index contributed by atoms with van der Waals surface area (Å²) in [6, 6.07) is 0. The van der Waals surface area contributed by atoms with Crippen LogP contribution in [0.25, 0.3) is 0 Å². The van der Waals surface area contributed by atoms with E-state index in [-0.39, 0.29) is 11.6 Å². The first kappa shape index (κ1) is 9.34. The Hall–Kier alpha value is -1.22. The van der Waals surface area contributed by atoms with Crippen molar-refractivity contribution in [1.29, 1.82) is 0 Å². The molecule has 0 amide bonds. The van der Waals surface area contributed by atoms with E-state index in [1.54, 1.807) is 18.2 Å². The summed E-state index contributed by atoms with van der Waals surface area (Å²) in [4.78, 5) is 22.7.